The molecule has 1 heterocycles. The Morgan fingerprint density at radius 3 is 2.82 bits per heavy atom. The maximum absolute atomic E-state index is 12.5. The van der Waals surface area contributed by atoms with Crippen LogP contribution in [0.5, 0.6) is 0 Å². The third-order valence-electron chi connectivity index (χ3n) is 0.997. The Bertz CT molecular complexity index is 305. The molecule has 0 radical (unpaired) electrons. The SMILES string of the molecule is O=[N+]([O-])c1nccc(F)c1Cl. The highest BCUT2D eigenvalue weighted by Gasteiger charge is 2.16. The predicted octanol–water partition coefficient (Wildman–Crippen LogP) is 1.78. The zero-order valence-electron chi connectivity index (χ0n) is 5.12. The van der Waals surface area contributed by atoms with Crippen LogP contribution in [0.25, 0.3) is 0 Å². The molecule has 58 valence electrons. The van der Waals surface area contributed by atoms with Gasteiger partial charge in [0.15, 0.2) is 10.8 Å². The lowest BCUT2D eigenvalue weighted by Gasteiger charge is -1.93. The van der Waals surface area contributed by atoms with Gasteiger partial charge in [-0.1, -0.05) is 11.6 Å². The van der Waals surface area contributed by atoms with Crippen molar-refractivity contribution in [3.05, 3.63) is 33.2 Å². The maximum atomic E-state index is 12.5. The standard InChI is InChI=1S/C5H2ClFN2O2/c6-4-3(7)1-2-8-5(4)9(10)11/h1-2H. The summed E-state index contributed by atoms with van der Waals surface area (Å²) in [5.74, 6) is -1.50. The molecule has 0 aliphatic rings. The minimum absolute atomic E-state index is 0.558. The molecule has 0 atom stereocenters. The van der Waals surface area contributed by atoms with Crippen LogP contribution in [0.15, 0.2) is 12.3 Å². The van der Waals surface area contributed by atoms with Gasteiger partial charge in [-0.2, -0.15) is 0 Å². The van der Waals surface area contributed by atoms with Gasteiger partial charge in [0.05, 0.1) is 0 Å². The fourth-order valence-corrected chi connectivity index (χ4v) is 0.718. The molecule has 1 aromatic heterocycles. The van der Waals surface area contributed by atoms with E-state index in [4.69, 9.17) is 11.6 Å². The molecule has 6 heteroatoms. The Labute approximate surface area is 65.8 Å². The van der Waals surface area contributed by atoms with Crippen molar-refractivity contribution < 1.29 is 9.31 Å². The third-order valence-corrected chi connectivity index (χ3v) is 1.35. The molecule has 11 heavy (non-hydrogen) atoms. The van der Waals surface area contributed by atoms with Gasteiger partial charge in [0, 0.05) is 6.07 Å². The van der Waals surface area contributed by atoms with Crippen molar-refractivity contribution in [3.63, 3.8) is 0 Å². The zero-order chi connectivity index (χ0) is 8.43. The number of aromatic nitrogens is 1. The monoisotopic (exact) mass is 176 g/mol. The first-order chi connectivity index (χ1) is 5.13. The summed E-state index contributed by atoms with van der Waals surface area (Å²) >= 11 is 5.21. The number of hydrogen-bond donors (Lipinski definition) is 0. The summed E-state index contributed by atoms with van der Waals surface area (Å²) in [5, 5.41) is 9.51. The Morgan fingerprint density at radius 2 is 2.36 bits per heavy atom. The number of hydrogen-bond acceptors (Lipinski definition) is 3. The Kier molecular flexibility index (Phi) is 2.00. The number of rotatable bonds is 1. The first kappa shape index (κ1) is 7.87. The highest BCUT2D eigenvalue weighted by Crippen LogP contribution is 2.23. The minimum Gasteiger partial charge on any atom is -0.358 e. The van der Waals surface area contributed by atoms with Crippen molar-refractivity contribution in [2.75, 3.05) is 0 Å². The van der Waals surface area contributed by atoms with E-state index in [1.54, 1.807) is 0 Å². The quantitative estimate of drug-likeness (QED) is 0.484. The van der Waals surface area contributed by atoms with Crippen LogP contribution in [0.2, 0.25) is 5.02 Å². The molecule has 0 spiro atoms. The molecule has 0 saturated heterocycles. The lowest BCUT2D eigenvalue weighted by atomic mass is 10.4. The van der Waals surface area contributed by atoms with Crippen LogP contribution in [0.4, 0.5) is 10.2 Å². The van der Waals surface area contributed by atoms with Crippen LogP contribution in [-0.2, 0) is 0 Å². The normalized spacial score (nSPS) is 9.64. The van der Waals surface area contributed by atoms with Crippen LogP contribution in [0.1, 0.15) is 0 Å². The van der Waals surface area contributed by atoms with Gasteiger partial charge in [0.25, 0.3) is 0 Å². The van der Waals surface area contributed by atoms with Gasteiger partial charge in [-0.15, -0.1) is 0 Å². The molecule has 1 aromatic rings. The van der Waals surface area contributed by atoms with Gasteiger partial charge < -0.3 is 10.1 Å². The first-order valence-electron chi connectivity index (χ1n) is 2.57. The number of nitrogens with zero attached hydrogens (tertiary/aromatic N) is 2. The van der Waals surface area contributed by atoms with E-state index in [-0.39, 0.29) is 0 Å². The van der Waals surface area contributed by atoms with Gasteiger partial charge >= 0.3 is 5.82 Å². The van der Waals surface area contributed by atoms with Gasteiger partial charge in [-0.3, -0.25) is 0 Å². The molecule has 4 nitrogen and oxygen atoms in total. The summed E-state index contributed by atoms with van der Waals surface area (Å²) in [6, 6.07) is 0.954. The maximum Gasteiger partial charge on any atom is 0.385 e. The summed E-state index contributed by atoms with van der Waals surface area (Å²) in [4.78, 5) is 12.5. The summed E-state index contributed by atoms with van der Waals surface area (Å²) in [6.45, 7) is 0. The highest BCUT2D eigenvalue weighted by molar-refractivity contribution is 6.32. The lowest BCUT2D eigenvalue weighted by molar-refractivity contribution is -0.389. The van der Waals surface area contributed by atoms with Gasteiger partial charge in [0.1, 0.15) is 6.20 Å². The molecule has 0 amide bonds. The largest absolute Gasteiger partial charge is 0.385 e. The molecule has 0 aliphatic carbocycles. The van der Waals surface area contributed by atoms with E-state index >= 15 is 0 Å². The summed E-state index contributed by atoms with van der Waals surface area (Å²) in [6.07, 6.45) is 0.985. The van der Waals surface area contributed by atoms with Crippen molar-refractivity contribution in [3.8, 4) is 0 Å². The van der Waals surface area contributed by atoms with Crippen LogP contribution in [-0.4, -0.2) is 9.91 Å². The average molecular weight is 177 g/mol. The minimum atomic E-state index is -0.842. The molecule has 0 aliphatic heterocycles. The van der Waals surface area contributed by atoms with Gasteiger partial charge in [0.2, 0.25) is 0 Å². The van der Waals surface area contributed by atoms with Crippen molar-refractivity contribution in [1.29, 1.82) is 0 Å². The van der Waals surface area contributed by atoms with E-state index < -0.39 is 21.6 Å². The van der Waals surface area contributed by atoms with Crippen molar-refractivity contribution in [2.24, 2.45) is 0 Å². The molecule has 0 fully saturated rings. The highest BCUT2D eigenvalue weighted by atomic mass is 35.5. The van der Waals surface area contributed by atoms with Crippen LogP contribution >= 0.6 is 11.6 Å². The van der Waals surface area contributed by atoms with Crippen LogP contribution in [0.3, 0.4) is 0 Å². The fraction of sp³-hybridized carbons (Fsp3) is 0. The first-order valence-corrected chi connectivity index (χ1v) is 2.95. The summed E-state index contributed by atoms with van der Waals surface area (Å²) in [7, 11) is 0. The Morgan fingerprint density at radius 1 is 1.73 bits per heavy atom. The summed E-state index contributed by atoms with van der Waals surface area (Å²) < 4.78 is 12.5. The fourth-order valence-electron chi connectivity index (χ4n) is 0.537. The number of halogens is 2. The van der Waals surface area contributed by atoms with E-state index in [9.17, 15) is 14.5 Å². The third kappa shape index (κ3) is 1.43. The Balaban J connectivity index is 3.27. The Hall–Kier alpha value is -1.23. The second-order valence-electron chi connectivity index (χ2n) is 1.69. The molecular formula is C5H2ClFN2O2. The second-order valence-corrected chi connectivity index (χ2v) is 2.07. The number of pyridine rings is 1. The van der Waals surface area contributed by atoms with Crippen molar-refractivity contribution in [2.45, 2.75) is 0 Å². The molecular weight excluding hydrogens is 175 g/mol. The second kappa shape index (κ2) is 2.79. The topological polar surface area (TPSA) is 56.0 Å². The average Bonchev–Trinajstić information content (AvgIpc) is 1.94. The van der Waals surface area contributed by atoms with Gasteiger partial charge in [-0.05, 0) is 9.91 Å². The molecule has 0 N–H and O–H groups in total. The van der Waals surface area contributed by atoms with Crippen molar-refractivity contribution in [1.82, 2.24) is 4.98 Å². The number of nitro groups is 1. The lowest BCUT2D eigenvalue weighted by Crippen LogP contribution is -1.93. The molecule has 1 rings (SSSR count). The predicted molar refractivity (Wildman–Crippen MR) is 35.9 cm³/mol. The molecule has 0 unspecified atom stereocenters. The van der Waals surface area contributed by atoms with Crippen LogP contribution in [0, 0.1) is 15.9 Å². The van der Waals surface area contributed by atoms with Crippen molar-refractivity contribution >= 4 is 17.4 Å². The van der Waals surface area contributed by atoms with E-state index in [2.05, 4.69) is 4.98 Å². The van der Waals surface area contributed by atoms with E-state index in [0.717, 1.165) is 12.3 Å². The smallest absolute Gasteiger partial charge is 0.358 e. The summed E-state index contributed by atoms with van der Waals surface area (Å²) in [5.41, 5.74) is 0. The van der Waals surface area contributed by atoms with Crippen LogP contribution < -0.4 is 0 Å². The van der Waals surface area contributed by atoms with Gasteiger partial charge in [-0.25, -0.2) is 4.39 Å². The molecule has 0 aromatic carbocycles. The molecule has 0 bridgehead atoms. The van der Waals surface area contributed by atoms with E-state index in [1.165, 1.54) is 0 Å². The zero-order valence-corrected chi connectivity index (χ0v) is 5.88. The molecule has 0 saturated carbocycles. The van der Waals surface area contributed by atoms with E-state index in [1.807, 2.05) is 0 Å². The van der Waals surface area contributed by atoms with E-state index in [0.29, 0.717) is 0 Å².